The largest absolute Gasteiger partial charge is 0.492 e. The summed E-state index contributed by atoms with van der Waals surface area (Å²) in [4.78, 5) is 0. The van der Waals surface area contributed by atoms with Crippen LogP contribution < -0.4 is 4.74 Å². The molecule has 0 aliphatic heterocycles. The smallest absolute Gasteiger partial charge is 0.153 e. The average Bonchev–Trinajstić information content (AvgIpc) is 2.16. The zero-order valence-electron chi connectivity index (χ0n) is 8.74. The van der Waals surface area contributed by atoms with Crippen molar-refractivity contribution in [2.24, 2.45) is 0 Å². The van der Waals surface area contributed by atoms with E-state index in [0.29, 0.717) is 10.2 Å². The maximum atomic E-state index is 12.9. The van der Waals surface area contributed by atoms with Gasteiger partial charge in [-0.05, 0) is 12.1 Å². The Morgan fingerprint density at radius 3 is 2.62 bits per heavy atom. The summed E-state index contributed by atoms with van der Waals surface area (Å²) < 4.78 is 41.0. The summed E-state index contributed by atoms with van der Waals surface area (Å²) in [5.41, 5.74) is 0. The molecule has 1 aromatic rings. The van der Waals surface area contributed by atoms with Crippen LogP contribution in [-0.4, -0.2) is 26.5 Å². The Kier molecular flexibility index (Phi) is 4.73. The monoisotopic (exact) mass is 310 g/mol. The highest BCUT2D eigenvalue weighted by molar-refractivity contribution is 9.10. The second-order valence-electron chi connectivity index (χ2n) is 3.19. The molecule has 0 amide bonds. The number of ether oxygens (including phenoxy) is 1. The van der Waals surface area contributed by atoms with Gasteiger partial charge in [0, 0.05) is 16.3 Å². The molecular formula is C10H12BrFO3S. The van der Waals surface area contributed by atoms with E-state index in [1.54, 1.807) is 13.0 Å². The van der Waals surface area contributed by atoms with E-state index in [1.807, 2.05) is 0 Å². The van der Waals surface area contributed by atoms with Crippen LogP contribution >= 0.6 is 15.9 Å². The third-order valence-electron chi connectivity index (χ3n) is 1.94. The van der Waals surface area contributed by atoms with Gasteiger partial charge in [0.25, 0.3) is 0 Å². The first-order chi connectivity index (χ1) is 7.43. The van der Waals surface area contributed by atoms with Gasteiger partial charge in [0.2, 0.25) is 0 Å². The van der Waals surface area contributed by atoms with Crippen molar-refractivity contribution in [2.45, 2.75) is 6.92 Å². The van der Waals surface area contributed by atoms with Crippen molar-refractivity contribution in [1.29, 1.82) is 0 Å². The third kappa shape index (κ3) is 4.49. The Labute approximate surface area is 103 Å². The zero-order chi connectivity index (χ0) is 12.2. The molecule has 0 spiro atoms. The standard InChI is InChI=1S/C10H12BrFO3S/c1-2-16(13,14)4-3-15-10-6-8(11)5-9(12)7-10/h5-7H,2-4H2,1H3. The van der Waals surface area contributed by atoms with Gasteiger partial charge in [0.05, 0.1) is 5.75 Å². The molecule has 16 heavy (non-hydrogen) atoms. The molecule has 0 atom stereocenters. The van der Waals surface area contributed by atoms with E-state index < -0.39 is 15.7 Å². The van der Waals surface area contributed by atoms with Crippen LogP contribution in [0.5, 0.6) is 5.75 Å². The number of rotatable bonds is 5. The Bertz CT molecular complexity index is 439. The van der Waals surface area contributed by atoms with Crippen LogP contribution in [-0.2, 0) is 9.84 Å². The first-order valence-corrected chi connectivity index (χ1v) is 7.33. The highest BCUT2D eigenvalue weighted by Crippen LogP contribution is 2.20. The van der Waals surface area contributed by atoms with Gasteiger partial charge in [0.1, 0.15) is 18.2 Å². The van der Waals surface area contributed by atoms with Crippen molar-refractivity contribution in [1.82, 2.24) is 0 Å². The third-order valence-corrected chi connectivity index (χ3v) is 4.07. The quantitative estimate of drug-likeness (QED) is 0.839. The van der Waals surface area contributed by atoms with E-state index in [-0.39, 0.29) is 18.1 Å². The van der Waals surface area contributed by atoms with Crippen molar-refractivity contribution in [3.8, 4) is 5.75 Å². The highest BCUT2D eigenvalue weighted by atomic mass is 79.9. The Morgan fingerprint density at radius 1 is 1.38 bits per heavy atom. The van der Waals surface area contributed by atoms with Gasteiger partial charge in [-0.25, -0.2) is 12.8 Å². The van der Waals surface area contributed by atoms with E-state index in [9.17, 15) is 12.8 Å². The molecule has 0 aromatic heterocycles. The Hall–Kier alpha value is -0.620. The highest BCUT2D eigenvalue weighted by Gasteiger charge is 2.07. The van der Waals surface area contributed by atoms with Crippen LogP contribution in [0.25, 0.3) is 0 Å². The number of sulfone groups is 1. The lowest BCUT2D eigenvalue weighted by Crippen LogP contribution is -2.15. The molecule has 0 bridgehead atoms. The van der Waals surface area contributed by atoms with Gasteiger partial charge in [-0.15, -0.1) is 0 Å². The molecule has 0 radical (unpaired) electrons. The van der Waals surface area contributed by atoms with Gasteiger partial charge in [-0.1, -0.05) is 22.9 Å². The van der Waals surface area contributed by atoms with Crippen molar-refractivity contribution in [2.75, 3.05) is 18.1 Å². The van der Waals surface area contributed by atoms with Crippen LogP contribution in [0.3, 0.4) is 0 Å². The molecule has 3 nitrogen and oxygen atoms in total. The lowest BCUT2D eigenvalue weighted by atomic mass is 10.3. The normalized spacial score (nSPS) is 11.4. The molecule has 0 fully saturated rings. The molecule has 0 aliphatic carbocycles. The summed E-state index contributed by atoms with van der Waals surface area (Å²) in [6, 6.07) is 4.10. The molecule has 6 heteroatoms. The maximum absolute atomic E-state index is 12.9. The van der Waals surface area contributed by atoms with Gasteiger partial charge in [-0.2, -0.15) is 0 Å². The van der Waals surface area contributed by atoms with Crippen LogP contribution in [0.15, 0.2) is 22.7 Å². The average molecular weight is 311 g/mol. The molecule has 0 unspecified atom stereocenters. The minimum atomic E-state index is -3.04. The first kappa shape index (κ1) is 13.4. The minimum Gasteiger partial charge on any atom is -0.492 e. The lowest BCUT2D eigenvalue weighted by molar-refractivity contribution is 0.338. The fourth-order valence-electron chi connectivity index (χ4n) is 1.04. The molecule has 90 valence electrons. The Morgan fingerprint density at radius 2 is 2.06 bits per heavy atom. The second-order valence-corrected chi connectivity index (χ2v) is 6.58. The van der Waals surface area contributed by atoms with Crippen LogP contribution in [0.1, 0.15) is 6.92 Å². The molecule has 0 saturated heterocycles. The summed E-state index contributed by atoms with van der Waals surface area (Å²) in [6.45, 7) is 1.61. The Balaban J connectivity index is 2.55. The molecule has 0 saturated carbocycles. The van der Waals surface area contributed by atoms with Gasteiger partial charge >= 0.3 is 0 Å². The molecule has 0 aliphatic rings. The zero-order valence-corrected chi connectivity index (χ0v) is 11.1. The number of benzene rings is 1. The van der Waals surface area contributed by atoms with E-state index in [2.05, 4.69) is 15.9 Å². The van der Waals surface area contributed by atoms with Crippen LogP contribution in [0, 0.1) is 5.82 Å². The predicted octanol–water partition coefficient (Wildman–Crippen LogP) is 2.40. The minimum absolute atomic E-state index is 0.0338. The van der Waals surface area contributed by atoms with Crippen molar-refractivity contribution >= 4 is 25.8 Å². The van der Waals surface area contributed by atoms with Crippen LogP contribution in [0.2, 0.25) is 0 Å². The summed E-state index contributed by atoms with van der Waals surface area (Å²) in [6.07, 6.45) is 0. The molecule has 1 rings (SSSR count). The van der Waals surface area contributed by atoms with E-state index in [1.165, 1.54) is 12.1 Å². The van der Waals surface area contributed by atoms with Gasteiger partial charge < -0.3 is 4.74 Å². The predicted molar refractivity (Wildman–Crippen MR) is 63.9 cm³/mol. The number of hydrogen-bond acceptors (Lipinski definition) is 3. The summed E-state index contributed by atoms with van der Waals surface area (Å²) >= 11 is 3.12. The number of halogens is 2. The fraction of sp³-hybridized carbons (Fsp3) is 0.400. The molecule has 0 N–H and O–H groups in total. The summed E-state index contributed by atoms with van der Waals surface area (Å²) in [5, 5.41) is 0. The van der Waals surface area contributed by atoms with E-state index in [4.69, 9.17) is 4.74 Å². The van der Waals surface area contributed by atoms with Gasteiger partial charge in [0.15, 0.2) is 9.84 Å². The fourth-order valence-corrected chi connectivity index (χ4v) is 2.11. The van der Waals surface area contributed by atoms with Gasteiger partial charge in [-0.3, -0.25) is 0 Å². The maximum Gasteiger partial charge on any atom is 0.153 e. The van der Waals surface area contributed by atoms with E-state index in [0.717, 1.165) is 0 Å². The van der Waals surface area contributed by atoms with E-state index >= 15 is 0 Å². The topological polar surface area (TPSA) is 43.4 Å². The number of hydrogen-bond donors (Lipinski definition) is 0. The van der Waals surface area contributed by atoms with Crippen molar-refractivity contribution in [3.05, 3.63) is 28.5 Å². The van der Waals surface area contributed by atoms with Crippen LogP contribution in [0.4, 0.5) is 4.39 Å². The molecule has 0 heterocycles. The summed E-state index contributed by atoms with van der Waals surface area (Å²) in [5.74, 6) is -0.0817. The SMILES string of the molecule is CCS(=O)(=O)CCOc1cc(F)cc(Br)c1. The second kappa shape index (κ2) is 5.63. The first-order valence-electron chi connectivity index (χ1n) is 4.72. The molecular weight excluding hydrogens is 299 g/mol. The lowest BCUT2D eigenvalue weighted by Gasteiger charge is -2.06. The van der Waals surface area contributed by atoms with Crippen molar-refractivity contribution < 1.29 is 17.5 Å². The molecule has 1 aromatic carbocycles. The van der Waals surface area contributed by atoms with Crippen molar-refractivity contribution in [3.63, 3.8) is 0 Å². The summed E-state index contributed by atoms with van der Waals surface area (Å²) in [7, 11) is -3.04.